The van der Waals surface area contributed by atoms with Crippen molar-refractivity contribution in [1.29, 1.82) is 0 Å². The molecule has 1 heterocycles. The first-order valence-corrected chi connectivity index (χ1v) is 8.26. The highest BCUT2D eigenvalue weighted by Crippen LogP contribution is 2.28. The minimum atomic E-state index is -0.360. The zero-order valence-electron chi connectivity index (χ0n) is 13.7. The number of rotatable bonds is 6. The van der Waals surface area contributed by atoms with Crippen LogP contribution in [0.3, 0.4) is 0 Å². The van der Waals surface area contributed by atoms with Crippen LogP contribution in [0, 0.1) is 5.92 Å². The van der Waals surface area contributed by atoms with Crippen molar-refractivity contribution in [1.82, 2.24) is 10.2 Å². The third kappa shape index (κ3) is 3.85. The summed E-state index contributed by atoms with van der Waals surface area (Å²) < 4.78 is 0. The van der Waals surface area contributed by atoms with Crippen LogP contribution in [0.5, 0.6) is 0 Å². The predicted molar refractivity (Wildman–Crippen MR) is 88.3 cm³/mol. The number of nitrogens with zero attached hydrogens (tertiary/aromatic N) is 1. The van der Waals surface area contributed by atoms with E-state index >= 15 is 0 Å². The van der Waals surface area contributed by atoms with Crippen molar-refractivity contribution >= 4 is 0 Å². The molecule has 1 fully saturated rings. The number of hydrogen-bond acceptors (Lipinski definition) is 3. The van der Waals surface area contributed by atoms with Gasteiger partial charge in [-0.3, -0.25) is 4.90 Å². The molecule has 1 saturated heterocycles. The zero-order valence-corrected chi connectivity index (χ0v) is 13.7. The summed E-state index contributed by atoms with van der Waals surface area (Å²) in [6.45, 7) is 9.72. The van der Waals surface area contributed by atoms with Gasteiger partial charge >= 0.3 is 0 Å². The van der Waals surface area contributed by atoms with E-state index in [9.17, 15) is 5.11 Å². The molecule has 2 rings (SSSR count). The summed E-state index contributed by atoms with van der Waals surface area (Å²) in [5.41, 5.74) is 0.821. The lowest BCUT2D eigenvalue weighted by Crippen LogP contribution is -2.56. The molecule has 0 aliphatic carbocycles. The fraction of sp³-hybridized carbons (Fsp3) is 0.667. The summed E-state index contributed by atoms with van der Waals surface area (Å²) in [4.78, 5) is 2.54. The Balaban J connectivity index is 2.23. The van der Waals surface area contributed by atoms with E-state index in [0.717, 1.165) is 25.6 Å². The maximum atomic E-state index is 10.2. The van der Waals surface area contributed by atoms with Gasteiger partial charge in [0.1, 0.15) is 0 Å². The molecule has 118 valence electrons. The fourth-order valence-corrected chi connectivity index (χ4v) is 3.49. The minimum Gasteiger partial charge on any atom is -0.394 e. The number of aliphatic hydroxyl groups is 1. The topological polar surface area (TPSA) is 35.5 Å². The van der Waals surface area contributed by atoms with Gasteiger partial charge in [0, 0.05) is 19.1 Å². The van der Waals surface area contributed by atoms with Crippen molar-refractivity contribution in [2.75, 3.05) is 26.2 Å². The van der Waals surface area contributed by atoms with Crippen LogP contribution < -0.4 is 5.32 Å². The number of likely N-dealkylation sites (N-methyl/N-ethyl adjacent to an activating group) is 1. The van der Waals surface area contributed by atoms with Crippen LogP contribution in [-0.2, 0) is 5.54 Å². The highest BCUT2D eigenvalue weighted by atomic mass is 16.3. The molecular weight excluding hydrogens is 260 g/mol. The van der Waals surface area contributed by atoms with E-state index in [1.807, 2.05) is 6.07 Å². The molecule has 3 atom stereocenters. The standard InChI is InChI=1S/C18H30N2O/c1-4-19-18(14-21,17-8-6-5-7-9-17)13-20-12-15(2)10-11-16(20)3/h5-9,15-16,19,21H,4,10-14H2,1-3H3. The van der Waals surface area contributed by atoms with Crippen molar-refractivity contribution < 1.29 is 5.11 Å². The molecule has 0 spiro atoms. The fourth-order valence-electron chi connectivity index (χ4n) is 3.49. The first-order chi connectivity index (χ1) is 10.1. The van der Waals surface area contributed by atoms with E-state index in [2.05, 4.69) is 55.3 Å². The van der Waals surface area contributed by atoms with Crippen LogP contribution >= 0.6 is 0 Å². The van der Waals surface area contributed by atoms with Gasteiger partial charge in [0.15, 0.2) is 0 Å². The first kappa shape index (κ1) is 16.5. The molecule has 1 aromatic carbocycles. The third-order valence-corrected chi connectivity index (χ3v) is 4.83. The van der Waals surface area contributed by atoms with Gasteiger partial charge in [0.05, 0.1) is 12.1 Å². The molecule has 3 unspecified atom stereocenters. The largest absolute Gasteiger partial charge is 0.394 e. The second-order valence-corrected chi connectivity index (χ2v) is 6.60. The molecule has 0 radical (unpaired) electrons. The smallest absolute Gasteiger partial charge is 0.0797 e. The highest BCUT2D eigenvalue weighted by molar-refractivity contribution is 5.25. The van der Waals surface area contributed by atoms with Gasteiger partial charge in [-0.15, -0.1) is 0 Å². The number of aliphatic hydroxyl groups excluding tert-OH is 1. The number of benzene rings is 1. The van der Waals surface area contributed by atoms with E-state index in [1.54, 1.807) is 0 Å². The number of hydrogen-bond donors (Lipinski definition) is 2. The molecule has 1 aromatic rings. The molecule has 1 aliphatic rings. The quantitative estimate of drug-likeness (QED) is 0.845. The summed E-state index contributed by atoms with van der Waals surface area (Å²) in [7, 11) is 0. The van der Waals surface area contributed by atoms with Gasteiger partial charge in [0.25, 0.3) is 0 Å². The normalized spacial score (nSPS) is 26.5. The van der Waals surface area contributed by atoms with E-state index in [-0.39, 0.29) is 12.1 Å². The summed E-state index contributed by atoms with van der Waals surface area (Å²) in [5.74, 6) is 0.745. The summed E-state index contributed by atoms with van der Waals surface area (Å²) in [6, 6.07) is 11.0. The highest BCUT2D eigenvalue weighted by Gasteiger charge is 2.35. The molecule has 0 amide bonds. The molecular formula is C18H30N2O. The molecule has 0 aromatic heterocycles. The van der Waals surface area contributed by atoms with Gasteiger partial charge in [0.2, 0.25) is 0 Å². The van der Waals surface area contributed by atoms with Gasteiger partial charge in [-0.1, -0.05) is 44.2 Å². The lowest BCUT2D eigenvalue weighted by Gasteiger charge is -2.44. The van der Waals surface area contributed by atoms with Crippen molar-refractivity contribution in [2.24, 2.45) is 5.92 Å². The summed E-state index contributed by atoms with van der Waals surface area (Å²) >= 11 is 0. The van der Waals surface area contributed by atoms with Gasteiger partial charge in [-0.25, -0.2) is 0 Å². The molecule has 3 nitrogen and oxygen atoms in total. The Labute approximate surface area is 129 Å². The lowest BCUT2D eigenvalue weighted by atomic mass is 9.87. The van der Waals surface area contributed by atoms with Gasteiger partial charge in [-0.05, 0) is 37.8 Å². The van der Waals surface area contributed by atoms with Crippen LogP contribution in [0.1, 0.15) is 39.2 Å². The molecule has 1 aliphatic heterocycles. The Hall–Kier alpha value is -0.900. The Kier molecular flexibility index (Phi) is 5.80. The molecule has 21 heavy (non-hydrogen) atoms. The van der Waals surface area contributed by atoms with E-state index in [1.165, 1.54) is 18.4 Å². The number of piperidine rings is 1. The van der Waals surface area contributed by atoms with E-state index < -0.39 is 0 Å². The van der Waals surface area contributed by atoms with Crippen molar-refractivity contribution in [3.8, 4) is 0 Å². The molecule has 2 N–H and O–H groups in total. The second-order valence-electron chi connectivity index (χ2n) is 6.60. The number of nitrogens with one attached hydrogen (secondary N) is 1. The average Bonchev–Trinajstić information content (AvgIpc) is 2.51. The minimum absolute atomic E-state index is 0.127. The van der Waals surface area contributed by atoms with E-state index in [4.69, 9.17) is 0 Å². The van der Waals surface area contributed by atoms with Crippen LogP contribution in [0.4, 0.5) is 0 Å². The van der Waals surface area contributed by atoms with Crippen LogP contribution in [0.2, 0.25) is 0 Å². The molecule has 3 heteroatoms. The van der Waals surface area contributed by atoms with Crippen molar-refractivity contribution in [2.45, 2.75) is 45.2 Å². The Bertz CT molecular complexity index is 422. The monoisotopic (exact) mass is 290 g/mol. The molecule has 0 bridgehead atoms. The Morgan fingerprint density at radius 1 is 1.24 bits per heavy atom. The third-order valence-electron chi connectivity index (χ3n) is 4.83. The average molecular weight is 290 g/mol. The zero-order chi connectivity index (χ0) is 15.3. The SMILES string of the molecule is CCNC(CO)(CN1CC(C)CCC1C)c1ccccc1. The van der Waals surface area contributed by atoms with Crippen molar-refractivity contribution in [3.63, 3.8) is 0 Å². The maximum Gasteiger partial charge on any atom is 0.0797 e. The van der Waals surface area contributed by atoms with Crippen LogP contribution in [-0.4, -0.2) is 42.3 Å². The Morgan fingerprint density at radius 2 is 1.95 bits per heavy atom. The summed E-state index contributed by atoms with van der Waals surface area (Å²) in [6.07, 6.45) is 2.57. The van der Waals surface area contributed by atoms with Gasteiger partial charge < -0.3 is 10.4 Å². The van der Waals surface area contributed by atoms with Gasteiger partial charge in [-0.2, -0.15) is 0 Å². The maximum absolute atomic E-state index is 10.2. The van der Waals surface area contributed by atoms with Crippen molar-refractivity contribution in [3.05, 3.63) is 35.9 Å². The van der Waals surface area contributed by atoms with E-state index in [0.29, 0.717) is 6.04 Å². The molecule has 0 saturated carbocycles. The van der Waals surface area contributed by atoms with Crippen LogP contribution in [0.25, 0.3) is 0 Å². The van der Waals surface area contributed by atoms with Crippen LogP contribution in [0.15, 0.2) is 30.3 Å². The first-order valence-electron chi connectivity index (χ1n) is 8.26. The predicted octanol–water partition coefficient (Wildman–Crippen LogP) is 2.60. The summed E-state index contributed by atoms with van der Waals surface area (Å²) in [5, 5.41) is 13.7. The lowest BCUT2D eigenvalue weighted by molar-refractivity contribution is 0.0550. The Morgan fingerprint density at radius 3 is 2.57 bits per heavy atom. The second kappa shape index (κ2) is 7.39. The number of likely N-dealkylation sites (tertiary alicyclic amines) is 1.